The lowest BCUT2D eigenvalue weighted by Gasteiger charge is -2.30. The maximum absolute atomic E-state index is 13.0. The van der Waals surface area contributed by atoms with Crippen LogP contribution in [0.2, 0.25) is 0 Å². The number of rotatable bonds is 7. The van der Waals surface area contributed by atoms with Gasteiger partial charge in [-0.25, -0.2) is 4.68 Å². The summed E-state index contributed by atoms with van der Waals surface area (Å²) in [5.74, 6) is 0.863. The number of nitrogens with one attached hydrogen (secondary N) is 1. The van der Waals surface area contributed by atoms with E-state index in [0.717, 1.165) is 47.1 Å². The van der Waals surface area contributed by atoms with Crippen molar-refractivity contribution in [2.75, 3.05) is 0 Å². The fraction of sp³-hybridized carbons (Fsp3) is 0.583. The molecule has 1 saturated carbocycles. The van der Waals surface area contributed by atoms with Crippen LogP contribution in [-0.2, 0) is 18.6 Å². The molecule has 4 rings (SSSR count). The minimum Gasteiger partial charge on any atom is -0.321 e. The van der Waals surface area contributed by atoms with Crippen LogP contribution in [0, 0.1) is 13.8 Å². The third kappa shape index (κ3) is 4.28. The topological polar surface area (TPSA) is 79.7 Å². The lowest BCUT2D eigenvalue weighted by Crippen LogP contribution is -2.37. The second-order valence-electron chi connectivity index (χ2n) is 9.61. The SMILES string of the molecule is CCC(C)(C)n1nnnc1CN(Cc1cc2ccc(C)c(C)c2[nH]c1=O)C1CCCC1. The minimum absolute atomic E-state index is 0.00215. The van der Waals surface area contributed by atoms with Gasteiger partial charge in [0.15, 0.2) is 5.82 Å². The molecule has 0 radical (unpaired) electrons. The van der Waals surface area contributed by atoms with Crippen LogP contribution in [0.4, 0.5) is 0 Å². The van der Waals surface area contributed by atoms with Crippen molar-refractivity contribution in [2.45, 2.75) is 91.4 Å². The van der Waals surface area contributed by atoms with Gasteiger partial charge in [0.25, 0.3) is 5.56 Å². The lowest BCUT2D eigenvalue weighted by molar-refractivity contribution is 0.164. The zero-order chi connectivity index (χ0) is 22.2. The number of nitrogens with zero attached hydrogens (tertiary/aromatic N) is 5. The van der Waals surface area contributed by atoms with E-state index in [4.69, 9.17) is 0 Å². The molecule has 0 atom stereocenters. The van der Waals surface area contributed by atoms with Crippen LogP contribution >= 0.6 is 0 Å². The summed E-state index contributed by atoms with van der Waals surface area (Å²) in [5.41, 5.74) is 3.92. The number of pyridine rings is 1. The van der Waals surface area contributed by atoms with E-state index in [0.29, 0.717) is 19.1 Å². The van der Waals surface area contributed by atoms with Gasteiger partial charge in [-0.3, -0.25) is 9.69 Å². The van der Waals surface area contributed by atoms with Gasteiger partial charge in [-0.05, 0) is 80.0 Å². The Morgan fingerprint density at radius 2 is 1.94 bits per heavy atom. The second-order valence-corrected chi connectivity index (χ2v) is 9.61. The zero-order valence-electron chi connectivity index (χ0n) is 19.4. The number of hydrogen-bond acceptors (Lipinski definition) is 5. The largest absolute Gasteiger partial charge is 0.321 e. The van der Waals surface area contributed by atoms with Gasteiger partial charge in [-0.15, -0.1) is 5.10 Å². The summed E-state index contributed by atoms with van der Waals surface area (Å²) in [4.78, 5) is 18.5. The predicted octanol–water partition coefficient (Wildman–Crippen LogP) is 4.22. The summed E-state index contributed by atoms with van der Waals surface area (Å²) in [5, 5.41) is 13.7. The number of H-pyrrole nitrogens is 1. The van der Waals surface area contributed by atoms with Crippen LogP contribution in [-0.4, -0.2) is 36.1 Å². The Labute approximate surface area is 183 Å². The molecule has 1 aromatic carbocycles. The third-order valence-electron chi connectivity index (χ3n) is 7.16. The fourth-order valence-corrected chi connectivity index (χ4v) is 4.60. The van der Waals surface area contributed by atoms with Crippen molar-refractivity contribution >= 4 is 10.9 Å². The van der Waals surface area contributed by atoms with Crippen molar-refractivity contribution in [3.63, 3.8) is 0 Å². The van der Waals surface area contributed by atoms with Crippen molar-refractivity contribution in [3.05, 3.63) is 51.1 Å². The first-order valence-corrected chi connectivity index (χ1v) is 11.4. The number of benzene rings is 1. The van der Waals surface area contributed by atoms with Crippen molar-refractivity contribution in [1.29, 1.82) is 0 Å². The van der Waals surface area contributed by atoms with E-state index in [1.165, 1.54) is 18.4 Å². The molecule has 0 aliphatic heterocycles. The quantitative estimate of drug-likeness (QED) is 0.617. The Balaban J connectivity index is 1.67. The Morgan fingerprint density at radius 1 is 1.19 bits per heavy atom. The van der Waals surface area contributed by atoms with Gasteiger partial charge < -0.3 is 4.98 Å². The van der Waals surface area contributed by atoms with E-state index in [-0.39, 0.29) is 11.1 Å². The lowest BCUT2D eigenvalue weighted by atomic mass is 10.0. The van der Waals surface area contributed by atoms with Crippen LogP contribution in [0.5, 0.6) is 0 Å². The molecule has 1 aliphatic carbocycles. The van der Waals surface area contributed by atoms with Crippen LogP contribution in [0.3, 0.4) is 0 Å². The summed E-state index contributed by atoms with van der Waals surface area (Å²) >= 11 is 0. The van der Waals surface area contributed by atoms with E-state index in [2.05, 4.69) is 78.2 Å². The number of aromatic amines is 1. The number of aromatic nitrogens is 5. The van der Waals surface area contributed by atoms with Crippen LogP contribution in [0.25, 0.3) is 10.9 Å². The van der Waals surface area contributed by atoms with Crippen LogP contribution in [0.15, 0.2) is 23.0 Å². The molecular formula is C24H34N6O. The van der Waals surface area contributed by atoms with Crippen LogP contribution < -0.4 is 5.56 Å². The molecular weight excluding hydrogens is 388 g/mol. The van der Waals surface area contributed by atoms with Gasteiger partial charge in [0.1, 0.15) is 0 Å². The molecule has 1 fully saturated rings. The number of aryl methyl sites for hydroxylation is 2. The molecule has 7 nitrogen and oxygen atoms in total. The van der Waals surface area contributed by atoms with Crippen molar-refractivity contribution in [1.82, 2.24) is 30.1 Å². The molecule has 7 heteroatoms. The summed E-state index contributed by atoms with van der Waals surface area (Å²) in [7, 11) is 0. The first-order chi connectivity index (χ1) is 14.8. The highest BCUT2D eigenvalue weighted by molar-refractivity contribution is 5.83. The first-order valence-electron chi connectivity index (χ1n) is 11.4. The van der Waals surface area contributed by atoms with Gasteiger partial charge in [0.2, 0.25) is 0 Å². The van der Waals surface area contributed by atoms with E-state index in [1.807, 2.05) is 4.68 Å². The molecule has 2 heterocycles. The normalized spacial score (nSPS) is 15.4. The summed E-state index contributed by atoms with van der Waals surface area (Å²) in [6.45, 7) is 11.8. The van der Waals surface area contributed by atoms with Gasteiger partial charge in [-0.2, -0.15) is 0 Å². The molecule has 1 N–H and O–H groups in total. The maximum atomic E-state index is 13.0. The summed E-state index contributed by atoms with van der Waals surface area (Å²) in [6, 6.07) is 6.72. The standard InChI is InChI=1S/C24H34N6O/c1-6-24(4,5)30-21(26-27-28-30)15-29(20-9-7-8-10-20)14-19-13-18-12-11-16(2)17(3)22(18)25-23(19)31/h11-13,20H,6-10,14-15H2,1-5H3,(H,25,31). The van der Waals surface area contributed by atoms with E-state index in [1.54, 1.807) is 0 Å². The number of hydrogen-bond donors (Lipinski definition) is 1. The number of tetrazole rings is 1. The van der Waals surface area contributed by atoms with Gasteiger partial charge in [0, 0.05) is 18.2 Å². The third-order valence-corrected chi connectivity index (χ3v) is 7.16. The highest BCUT2D eigenvalue weighted by Crippen LogP contribution is 2.28. The average Bonchev–Trinajstić information content (AvgIpc) is 3.44. The Morgan fingerprint density at radius 3 is 2.65 bits per heavy atom. The molecule has 0 bridgehead atoms. The smallest absolute Gasteiger partial charge is 0.252 e. The molecule has 0 spiro atoms. The Hall–Kier alpha value is -2.54. The predicted molar refractivity (Wildman–Crippen MR) is 123 cm³/mol. The maximum Gasteiger partial charge on any atom is 0.252 e. The van der Waals surface area contributed by atoms with E-state index >= 15 is 0 Å². The first kappa shape index (κ1) is 21.7. The monoisotopic (exact) mass is 422 g/mol. The minimum atomic E-state index is -0.143. The summed E-state index contributed by atoms with van der Waals surface area (Å²) < 4.78 is 1.95. The van der Waals surface area contributed by atoms with E-state index in [9.17, 15) is 4.79 Å². The zero-order valence-corrected chi connectivity index (χ0v) is 19.4. The van der Waals surface area contributed by atoms with Crippen molar-refractivity contribution in [2.24, 2.45) is 0 Å². The molecule has 3 aromatic rings. The van der Waals surface area contributed by atoms with Gasteiger partial charge >= 0.3 is 0 Å². The fourth-order valence-electron chi connectivity index (χ4n) is 4.60. The molecule has 31 heavy (non-hydrogen) atoms. The highest BCUT2D eigenvalue weighted by Gasteiger charge is 2.28. The molecule has 0 amide bonds. The van der Waals surface area contributed by atoms with Crippen LogP contribution in [0.1, 0.15) is 75.4 Å². The average molecular weight is 423 g/mol. The molecule has 0 unspecified atom stereocenters. The Bertz CT molecular complexity index is 1120. The molecule has 2 aromatic heterocycles. The molecule has 1 aliphatic rings. The van der Waals surface area contributed by atoms with Crippen molar-refractivity contribution < 1.29 is 0 Å². The van der Waals surface area contributed by atoms with E-state index < -0.39 is 0 Å². The summed E-state index contributed by atoms with van der Waals surface area (Å²) in [6.07, 6.45) is 5.72. The number of fused-ring (bicyclic) bond motifs is 1. The second kappa shape index (κ2) is 8.54. The van der Waals surface area contributed by atoms with Gasteiger partial charge in [-0.1, -0.05) is 31.9 Å². The molecule has 166 valence electrons. The highest BCUT2D eigenvalue weighted by atomic mass is 16.1. The van der Waals surface area contributed by atoms with Crippen molar-refractivity contribution in [3.8, 4) is 0 Å². The van der Waals surface area contributed by atoms with Gasteiger partial charge in [0.05, 0.1) is 17.6 Å². The Kier molecular flexibility index (Phi) is 5.97. The molecule has 0 saturated heterocycles.